The molecule has 2 aromatic rings. The standard InChI is InChI=1S/C18H21NS/c1-14-5-4-6-15(13-14)9-11-19-17-10-12-20-18-8-3-2-7-16(17)18/h2-8,13,17,19H,9-12H2,1H3. The zero-order valence-electron chi connectivity index (χ0n) is 11.9. The van der Waals surface area contributed by atoms with Crippen molar-refractivity contribution < 1.29 is 0 Å². The van der Waals surface area contributed by atoms with Gasteiger partial charge in [0.2, 0.25) is 0 Å². The number of rotatable bonds is 4. The van der Waals surface area contributed by atoms with Crippen LogP contribution in [0.25, 0.3) is 0 Å². The van der Waals surface area contributed by atoms with Crippen LogP contribution in [0.3, 0.4) is 0 Å². The molecular formula is C18H21NS. The lowest BCUT2D eigenvalue weighted by Gasteiger charge is -2.26. The summed E-state index contributed by atoms with van der Waals surface area (Å²) in [4.78, 5) is 1.45. The third kappa shape index (κ3) is 3.25. The fraction of sp³-hybridized carbons (Fsp3) is 0.333. The van der Waals surface area contributed by atoms with E-state index in [4.69, 9.17) is 0 Å². The molecule has 1 atom stereocenters. The lowest BCUT2D eigenvalue weighted by atomic mass is 10.0. The molecule has 1 unspecified atom stereocenters. The van der Waals surface area contributed by atoms with Gasteiger partial charge in [0.15, 0.2) is 0 Å². The van der Waals surface area contributed by atoms with E-state index in [-0.39, 0.29) is 0 Å². The van der Waals surface area contributed by atoms with Gasteiger partial charge in [-0.3, -0.25) is 0 Å². The first-order valence-electron chi connectivity index (χ1n) is 7.33. The van der Waals surface area contributed by atoms with Gasteiger partial charge in [-0.1, -0.05) is 48.0 Å². The minimum Gasteiger partial charge on any atom is -0.310 e. The molecule has 1 nitrogen and oxygen atoms in total. The minimum atomic E-state index is 0.525. The Hall–Kier alpha value is -1.25. The van der Waals surface area contributed by atoms with Crippen LogP contribution in [0.5, 0.6) is 0 Å². The van der Waals surface area contributed by atoms with E-state index >= 15 is 0 Å². The first kappa shape index (κ1) is 13.7. The third-order valence-electron chi connectivity index (χ3n) is 3.85. The zero-order chi connectivity index (χ0) is 13.8. The van der Waals surface area contributed by atoms with Crippen molar-refractivity contribution in [3.8, 4) is 0 Å². The molecule has 0 spiro atoms. The zero-order valence-corrected chi connectivity index (χ0v) is 12.7. The van der Waals surface area contributed by atoms with Crippen molar-refractivity contribution in [2.75, 3.05) is 12.3 Å². The van der Waals surface area contributed by atoms with Crippen LogP contribution >= 0.6 is 11.8 Å². The van der Waals surface area contributed by atoms with E-state index in [0.29, 0.717) is 6.04 Å². The van der Waals surface area contributed by atoms with Crippen molar-refractivity contribution >= 4 is 11.8 Å². The Morgan fingerprint density at radius 2 is 2.05 bits per heavy atom. The van der Waals surface area contributed by atoms with Crippen LogP contribution in [-0.4, -0.2) is 12.3 Å². The molecule has 0 saturated carbocycles. The lowest BCUT2D eigenvalue weighted by molar-refractivity contribution is 0.514. The molecule has 0 radical (unpaired) electrons. The summed E-state index contributed by atoms with van der Waals surface area (Å²) in [5.41, 5.74) is 4.26. The molecule has 3 rings (SSSR count). The predicted molar refractivity (Wildman–Crippen MR) is 87.4 cm³/mol. The van der Waals surface area contributed by atoms with Crippen LogP contribution in [0.2, 0.25) is 0 Å². The average Bonchev–Trinajstić information content (AvgIpc) is 2.48. The molecular weight excluding hydrogens is 262 g/mol. The predicted octanol–water partition coefficient (Wildman–Crippen LogP) is 4.36. The smallest absolute Gasteiger partial charge is 0.0339 e. The molecule has 1 aliphatic heterocycles. The maximum Gasteiger partial charge on any atom is 0.0339 e. The fourth-order valence-corrected chi connectivity index (χ4v) is 3.94. The van der Waals surface area contributed by atoms with Crippen molar-refractivity contribution in [1.29, 1.82) is 0 Å². The van der Waals surface area contributed by atoms with Gasteiger partial charge in [-0.2, -0.15) is 0 Å². The van der Waals surface area contributed by atoms with Gasteiger partial charge in [0, 0.05) is 10.9 Å². The number of aryl methyl sites for hydroxylation is 1. The van der Waals surface area contributed by atoms with Gasteiger partial charge in [0.25, 0.3) is 0 Å². The van der Waals surface area contributed by atoms with Gasteiger partial charge in [0.05, 0.1) is 0 Å². The molecule has 2 heteroatoms. The largest absolute Gasteiger partial charge is 0.310 e. The molecule has 2 aromatic carbocycles. The van der Waals surface area contributed by atoms with E-state index in [2.05, 4.69) is 60.8 Å². The summed E-state index contributed by atoms with van der Waals surface area (Å²) in [7, 11) is 0. The number of hydrogen-bond acceptors (Lipinski definition) is 2. The second-order valence-electron chi connectivity index (χ2n) is 5.42. The highest BCUT2D eigenvalue weighted by Crippen LogP contribution is 2.35. The average molecular weight is 283 g/mol. The summed E-state index contributed by atoms with van der Waals surface area (Å²) in [5.74, 6) is 1.22. The van der Waals surface area contributed by atoms with Crippen molar-refractivity contribution in [2.24, 2.45) is 0 Å². The third-order valence-corrected chi connectivity index (χ3v) is 4.97. The highest BCUT2D eigenvalue weighted by molar-refractivity contribution is 7.99. The first-order valence-corrected chi connectivity index (χ1v) is 8.32. The molecule has 0 fully saturated rings. The Labute approximate surface area is 125 Å². The van der Waals surface area contributed by atoms with Gasteiger partial charge in [0.1, 0.15) is 0 Å². The number of nitrogens with one attached hydrogen (secondary N) is 1. The number of thioether (sulfide) groups is 1. The molecule has 1 aliphatic rings. The number of hydrogen-bond donors (Lipinski definition) is 1. The number of fused-ring (bicyclic) bond motifs is 1. The van der Waals surface area contributed by atoms with E-state index in [1.54, 1.807) is 0 Å². The highest BCUT2D eigenvalue weighted by Gasteiger charge is 2.19. The lowest BCUT2D eigenvalue weighted by Crippen LogP contribution is -2.26. The molecule has 0 aromatic heterocycles. The van der Waals surface area contributed by atoms with Crippen molar-refractivity contribution in [3.63, 3.8) is 0 Å². The normalized spacial score (nSPS) is 17.8. The van der Waals surface area contributed by atoms with E-state index in [0.717, 1.165) is 13.0 Å². The molecule has 0 bridgehead atoms. The topological polar surface area (TPSA) is 12.0 Å². The minimum absolute atomic E-state index is 0.525. The second kappa shape index (κ2) is 6.47. The second-order valence-corrected chi connectivity index (χ2v) is 6.56. The van der Waals surface area contributed by atoms with E-state index in [9.17, 15) is 0 Å². The Bertz CT molecular complexity index is 579. The van der Waals surface area contributed by atoms with E-state index in [1.807, 2.05) is 11.8 Å². The van der Waals surface area contributed by atoms with Crippen LogP contribution in [-0.2, 0) is 6.42 Å². The van der Waals surface area contributed by atoms with Gasteiger partial charge in [-0.05, 0) is 49.3 Å². The Morgan fingerprint density at radius 1 is 1.15 bits per heavy atom. The first-order chi connectivity index (χ1) is 9.83. The highest BCUT2D eigenvalue weighted by atomic mass is 32.2. The molecule has 0 aliphatic carbocycles. The maximum absolute atomic E-state index is 3.73. The Kier molecular flexibility index (Phi) is 4.44. The summed E-state index contributed by atoms with van der Waals surface area (Å²) in [6, 6.07) is 18.1. The molecule has 1 heterocycles. The van der Waals surface area contributed by atoms with Gasteiger partial charge in [-0.15, -0.1) is 11.8 Å². The van der Waals surface area contributed by atoms with E-state index in [1.165, 1.54) is 33.8 Å². The van der Waals surface area contributed by atoms with E-state index < -0.39 is 0 Å². The fourth-order valence-electron chi connectivity index (χ4n) is 2.81. The summed E-state index contributed by atoms with van der Waals surface area (Å²) >= 11 is 1.98. The van der Waals surface area contributed by atoms with Crippen LogP contribution in [0.15, 0.2) is 53.4 Å². The summed E-state index contributed by atoms with van der Waals surface area (Å²) in [5, 5.41) is 3.73. The van der Waals surface area contributed by atoms with Crippen LogP contribution < -0.4 is 5.32 Å². The van der Waals surface area contributed by atoms with Crippen LogP contribution in [0.1, 0.15) is 29.2 Å². The Balaban J connectivity index is 1.60. The monoisotopic (exact) mass is 283 g/mol. The maximum atomic E-state index is 3.73. The van der Waals surface area contributed by atoms with Crippen molar-refractivity contribution in [3.05, 3.63) is 65.2 Å². The van der Waals surface area contributed by atoms with Crippen LogP contribution in [0, 0.1) is 6.92 Å². The molecule has 0 saturated heterocycles. The van der Waals surface area contributed by atoms with Crippen molar-refractivity contribution in [1.82, 2.24) is 5.32 Å². The van der Waals surface area contributed by atoms with Gasteiger partial charge in [-0.25, -0.2) is 0 Å². The quantitative estimate of drug-likeness (QED) is 0.894. The van der Waals surface area contributed by atoms with Gasteiger partial charge >= 0.3 is 0 Å². The summed E-state index contributed by atoms with van der Waals surface area (Å²) in [6.45, 7) is 3.21. The molecule has 20 heavy (non-hydrogen) atoms. The molecule has 104 valence electrons. The summed E-state index contributed by atoms with van der Waals surface area (Å²) < 4.78 is 0. The molecule has 1 N–H and O–H groups in total. The SMILES string of the molecule is Cc1cccc(CCNC2CCSc3ccccc32)c1. The van der Waals surface area contributed by atoms with Crippen molar-refractivity contribution in [2.45, 2.75) is 30.7 Å². The molecule has 0 amide bonds. The summed E-state index contributed by atoms with van der Waals surface area (Å²) in [6.07, 6.45) is 2.34. The number of benzene rings is 2. The van der Waals surface area contributed by atoms with Gasteiger partial charge < -0.3 is 5.32 Å². The van der Waals surface area contributed by atoms with Crippen LogP contribution in [0.4, 0.5) is 0 Å². The Morgan fingerprint density at radius 3 is 2.95 bits per heavy atom.